The van der Waals surface area contributed by atoms with Gasteiger partial charge in [0.15, 0.2) is 0 Å². The first kappa shape index (κ1) is 13.2. The number of halogens is 3. The van der Waals surface area contributed by atoms with Gasteiger partial charge in [-0.25, -0.2) is 8.42 Å². The van der Waals surface area contributed by atoms with E-state index in [1.807, 2.05) is 22.6 Å². The molecule has 7 heteroatoms. The summed E-state index contributed by atoms with van der Waals surface area (Å²) >= 11 is 7.24. The first-order valence-corrected chi connectivity index (χ1v) is 7.44. The summed E-state index contributed by atoms with van der Waals surface area (Å²) in [5, 5.41) is -0.704. The van der Waals surface area contributed by atoms with Crippen molar-refractivity contribution in [1.82, 2.24) is 0 Å². The van der Waals surface area contributed by atoms with Crippen molar-refractivity contribution in [3.63, 3.8) is 0 Å². The van der Waals surface area contributed by atoms with E-state index in [0.717, 1.165) is 0 Å². The fourth-order valence-electron chi connectivity index (χ4n) is 1.02. The molecule has 82 valence electrons. The van der Waals surface area contributed by atoms with Gasteiger partial charge in [0.25, 0.3) is 14.3 Å². The molecular formula is C8H5Cl2IO3S. The summed E-state index contributed by atoms with van der Waals surface area (Å²) in [5.41, 5.74) is 0.790. The van der Waals surface area contributed by atoms with Gasteiger partial charge in [0.2, 0.25) is 0 Å². The molecule has 0 aromatic heterocycles. The Balaban J connectivity index is 3.57. The minimum atomic E-state index is -3.84. The van der Waals surface area contributed by atoms with Gasteiger partial charge < -0.3 is 0 Å². The maximum absolute atomic E-state index is 11.1. The second-order valence-corrected chi connectivity index (χ2v) is 6.80. The number of rotatable bonds is 2. The molecule has 0 saturated heterocycles. The zero-order valence-corrected chi connectivity index (χ0v) is 11.9. The Morgan fingerprint density at radius 2 is 1.93 bits per heavy atom. The summed E-state index contributed by atoms with van der Waals surface area (Å²) in [6, 6.07) is 2.57. The Morgan fingerprint density at radius 1 is 1.40 bits per heavy atom. The molecule has 1 rings (SSSR count). The van der Waals surface area contributed by atoms with Crippen molar-refractivity contribution in [3.8, 4) is 0 Å². The van der Waals surface area contributed by atoms with Gasteiger partial charge in [0, 0.05) is 19.8 Å². The zero-order chi connectivity index (χ0) is 11.8. The highest BCUT2D eigenvalue weighted by atomic mass is 127. The van der Waals surface area contributed by atoms with E-state index in [1.165, 1.54) is 12.1 Å². The molecule has 1 aromatic carbocycles. The molecule has 3 nitrogen and oxygen atoms in total. The van der Waals surface area contributed by atoms with Crippen LogP contribution in [0.15, 0.2) is 17.0 Å². The molecule has 0 heterocycles. The quantitative estimate of drug-likeness (QED) is 0.587. The van der Waals surface area contributed by atoms with Crippen LogP contribution >= 0.6 is 44.9 Å². The monoisotopic (exact) mass is 378 g/mol. The van der Waals surface area contributed by atoms with Gasteiger partial charge in [-0.05, 0) is 58.8 Å². The lowest BCUT2D eigenvalue weighted by atomic mass is 10.1. The van der Waals surface area contributed by atoms with Crippen LogP contribution in [0.25, 0.3) is 0 Å². The Kier molecular flexibility index (Phi) is 4.02. The standard InChI is InChI=1S/C8H5Cl2IO3S/c1-4-2-5(15(10,13)14)3-6(7(4)11)8(9)12/h2-3H,1H3. The van der Waals surface area contributed by atoms with Gasteiger partial charge in [-0.2, -0.15) is 0 Å². The fourth-order valence-corrected chi connectivity index (χ4v) is 2.73. The van der Waals surface area contributed by atoms with Crippen molar-refractivity contribution < 1.29 is 13.2 Å². The third-order valence-corrected chi connectivity index (χ3v) is 4.69. The van der Waals surface area contributed by atoms with Crippen LogP contribution in [0.5, 0.6) is 0 Å². The number of hydrogen-bond donors (Lipinski definition) is 0. The topological polar surface area (TPSA) is 51.2 Å². The van der Waals surface area contributed by atoms with Gasteiger partial charge in [-0.1, -0.05) is 0 Å². The molecule has 0 atom stereocenters. The van der Waals surface area contributed by atoms with Gasteiger partial charge in [0.05, 0.1) is 4.90 Å². The Hall–Kier alpha value is 0.150. The average Bonchev–Trinajstić information content (AvgIpc) is 2.06. The largest absolute Gasteiger partial charge is 0.276 e. The first-order valence-electron chi connectivity index (χ1n) is 3.68. The van der Waals surface area contributed by atoms with Crippen LogP contribution in [0.4, 0.5) is 0 Å². The molecule has 0 saturated carbocycles. The Labute approximate surface area is 110 Å². The van der Waals surface area contributed by atoms with Crippen molar-refractivity contribution in [2.75, 3.05) is 0 Å². The summed E-state index contributed by atoms with van der Waals surface area (Å²) in [4.78, 5) is 10.9. The van der Waals surface area contributed by atoms with E-state index in [2.05, 4.69) is 0 Å². The van der Waals surface area contributed by atoms with Gasteiger partial charge in [0.1, 0.15) is 0 Å². The van der Waals surface area contributed by atoms with Crippen molar-refractivity contribution in [3.05, 3.63) is 26.8 Å². The third-order valence-electron chi connectivity index (χ3n) is 1.72. The molecule has 0 aliphatic rings. The second kappa shape index (κ2) is 4.57. The number of carbonyl (C=O) groups is 1. The predicted octanol–water partition coefficient (Wildman–Crippen LogP) is 2.91. The molecule has 0 unspecified atom stereocenters. The van der Waals surface area contributed by atoms with Crippen LogP contribution in [-0.2, 0) is 9.05 Å². The fraction of sp³-hybridized carbons (Fsp3) is 0.125. The van der Waals surface area contributed by atoms with Crippen LogP contribution in [0, 0.1) is 10.5 Å². The zero-order valence-electron chi connectivity index (χ0n) is 7.42. The normalized spacial score (nSPS) is 11.5. The second-order valence-electron chi connectivity index (χ2n) is 2.81. The molecule has 0 aliphatic carbocycles. The lowest BCUT2D eigenvalue weighted by Gasteiger charge is -2.05. The first-order chi connectivity index (χ1) is 6.73. The number of carbonyl (C=O) groups excluding carboxylic acids is 1. The van der Waals surface area contributed by atoms with E-state index in [4.69, 9.17) is 22.3 Å². The molecular weight excluding hydrogens is 374 g/mol. The van der Waals surface area contributed by atoms with E-state index >= 15 is 0 Å². The number of aryl methyl sites for hydroxylation is 1. The maximum Gasteiger partial charge on any atom is 0.261 e. The Bertz CT molecular complexity index is 525. The summed E-state index contributed by atoms with van der Waals surface area (Å²) in [5.74, 6) is 0. The average molecular weight is 379 g/mol. The molecule has 0 aliphatic heterocycles. The minimum absolute atomic E-state index is 0.119. The summed E-state index contributed by atoms with van der Waals surface area (Å²) in [6.07, 6.45) is 0. The Morgan fingerprint density at radius 3 is 2.33 bits per heavy atom. The van der Waals surface area contributed by atoms with Crippen molar-refractivity contribution in [2.45, 2.75) is 11.8 Å². The third kappa shape index (κ3) is 3.05. The predicted molar refractivity (Wildman–Crippen MR) is 67.1 cm³/mol. The highest BCUT2D eigenvalue weighted by Crippen LogP contribution is 2.25. The van der Waals surface area contributed by atoms with Crippen LogP contribution in [0.1, 0.15) is 15.9 Å². The van der Waals surface area contributed by atoms with Gasteiger partial charge in [-0.3, -0.25) is 4.79 Å². The molecule has 15 heavy (non-hydrogen) atoms. The van der Waals surface area contributed by atoms with E-state index < -0.39 is 14.3 Å². The summed E-state index contributed by atoms with van der Waals surface area (Å²) < 4.78 is 22.8. The highest BCUT2D eigenvalue weighted by Gasteiger charge is 2.17. The van der Waals surface area contributed by atoms with E-state index in [1.54, 1.807) is 6.92 Å². The number of hydrogen-bond acceptors (Lipinski definition) is 3. The van der Waals surface area contributed by atoms with E-state index in [0.29, 0.717) is 9.13 Å². The smallest absolute Gasteiger partial charge is 0.261 e. The van der Waals surface area contributed by atoms with Gasteiger partial charge in [-0.15, -0.1) is 0 Å². The van der Waals surface area contributed by atoms with E-state index in [9.17, 15) is 13.2 Å². The maximum atomic E-state index is 11.1. The van der Waals surface area contributed by atoms with E-state index in [-0.39, 0.29) is 10.5 Å². The molecule has 0 radical (unpaired) electrons. The number of benzene rings is 1. The highest BCUT2D eigenvalue weighted by molar-refractivity contribution is 14.1. The van der Waals surface area contributed by atoms with Crippen LogP contribution in [-0.4, -0.2) is 13.7 Å². The van der Waals surface area contributed by atoms with Gasteiger partial charge >= 0.3 is 0 Å². The summed E-state index contributed by atoms with van der Waals surface area (Å²) in [7, 11) is 1.33. The lowest BCUT2D eigenvalue weighted by Crippen LogP contribution is -2.00. The molecule has 0 amide bonds. The SMILES string of the molecule is Cc1cc(S(=O)(=O)Cl)cc(C(=O)Cl)c1I. The minimum Gasteiger partial charge on any atom is -0.276 e. The van der Waals surface area contributed by atoms with Crippen LogP contribution in [0.3, 0.4) is 0 Å². The van der Waals surface area contributed by atoms with Crippen molar-refractivity contribution in [1.29, 1.82) is 0 Å². The van der Waals surface area contributed by atoms with Crippen LogP contribution in [0.2, 0.25) is 0 Å². The summed E-state index contributed by atoms with van der Waals surface area (Å²) in [6.45, 7) is 1.68. The molecule has 0 fully saturated rings. The molecule has 0 bridgehead atoms. The molecule has 0 spiro atoms. The lowest BCUT2D eigenvalue weighted by molar-refractivity contribution is 0.108. The van der Waals surface area contributed by atoms with Crippen LogP contribution < -0.4 is 0 Å². The van der Waals surface area contributed by atoms with Crippen molar-refractivity contribution >= 4 is 59.2 Å². The molecule has 1 aromatic rings. The molecule has 0 N–H and O–H groups in total. The van der Waals surface area contributed by atoms with Crippen molar-refractivity contribution in [2.24, 2.45) is 0 Å².